The fraction of sp³-hybridized carbons (Fsp3) is 0.321. The number of fused-ring (bicyclic) bond motifs is 2. The largest absolute Gasteiger partial charge is 0.417 e. The molecule has 0 spiro atoms. The van der Waals surface area contributed by atoms with Gasteiger partial charge < -0.3 is 16.0 Å². The molecular formula is C28H23F6N7O2. The first kappa shape index (κ1) is 28.4. The number of amides is 2. The summed E-state index contributed by atoms with van der Waals surface area (Å²) in [6.45, 7) is 0.374. The van der Waals surface area contributed by atoms with Crippen molar-refractivity contribution in [2.24, 2.45) is 0 Å². The number of piperidine rings is 1. The topological polar surface area (TPSA) is 119 Å². The van der Waals surface area contributed by atoms with E-state index < -0.39 is 40.8 Å². The van der Waals surface area contributed by atoms with Crippen molar-refractivity contribution in [2.75, 3.05) is 17.6 Å². The van der Waals surface area contributed by atoms with Gasteiger partial charge in [-0.3, -0.25) is 14.0 Å². The molecule has 3 N–H and O–H groups in total. The third-order valence-corrected chi connectivity index (χ3v) is 7.86. The molecule has 0 aliphatic carbocycles. The second kappa shape index (κ2) is 10.2. The van der Waals surface area contributed by atoms with Crippen LogP contribution in [0.2, 0.25) is 0 Å². The Hall–Kier alpha value is -4.69. The number of nitrogens with zero attached hydrogens (tertiary/aromatic N) is 5. The monoisotopic (exact) mass is 603 g/mol. The van der Waals surface area contributed by atoms with Crippen molar-refractivity contribution in [3.8, 4) is 11.3 Å². The van der Waals surface area contributed by atoms with E-state index in [4.69, 9.17) is 5.73 Å². The third-order valence-electron chi connectivity index (χ3n) is 7.86. The molecule has 2 aliphatic rings. The van der Waals surface area contributed by atoms with Crippen LogP contribution in [0, 0.1) is 0 Å². The van der Waals surface area contributed by atoms with E-state index in [1.807, 2.05) is 0 Å². The normalized spacial score (nSPS) is 19.1. The predicted octanol–water partition coefficient (Wildman–Crippen LogP) is 5.53. The highest BCUT2D eigenvalue weighted by molar-refractivity contribution is 6.04. The average molecular weight is 604 g/mol. The van der Waals surface area contributed by atoms with Gasteiger partial charge in [-0.2, -0.15) is 26.3 Å². The van der Waals surface area contributed by atoms with Gasteiger partial charge in [0, 0.05) is 54.6 Å². The predicted molar refractivity (Wildman–Crippen MR) is 142 cm³/mol. The Balaban J connectivity index is 1.40. The number of carbonyl (C=O) groups is 2. The summed E-state index contributed by atoms with van der Waals surface area (Å²) in [5.41, 5.74) is 3.07. The van der Waals surface area contributed by atoms with Crippen molar-refractivity contribution in [1.29, 1.82) is 0 Å². The fourth-order valence-corrected chi connectivity index (χ4v) is 5.83. The molecule has 2 aliphatic heterocycles. The number of carbonyl (C=O) groups excluding carboxylic acids is 2. The van der Waals surface area contributed by atoms with Crippen LogP contribution in [0.25, 0.3) is 16.8 Å². The summed E-state index contributed by atoms with van der Waals surface area (Å²) in [5, 5.41) is 2.12. The maximum Gasteiger partial charge on any atom is 0.417 e. The van der Waals surface area contributed by atoms with Crippen LogP contribution >= 0.6 is 0 Å². The first-order valence-corrected chi connectivity index (χ1v) is 13.3. The number of aromatic nitrogens is 4. The molecule has 5 heterocycles. The molecule has 224 valence electrons. The van der Waals surface area contributed by atoms with Gasteiger partial charge in [-0.05, 0) is 43.5 Å². The first-order valence-electron chi connectivity index (χ1n) is 13.3. The Kier molecular flexibility index (Phi) is 6.77. The summed E-state index contributed by atoms with van der Waals surface area (Å²) < 4.78 is 84.1. The van der Waals surface area contributed by atoms with E-state index in [1.54, 1.807) is 15.5 Å². The minimum Gasteiger partial charge on any atom is -0.382 e. The standard InChI is InChI=1S/C28H23F6N7O2/c29-27(30,31)16-7-8-36-20(12-16)38-26(43)14-2-5-18(19(11-14)28(32,33)34)22-23-24(35)37-9-10-40(23)25(39-22)15-1-3-17-4-6-21(42)41(17)13-15/h2,5,7-12,15,17H,1,3-4,6,13H2,(H2,35,37)(H,36,38,43)/t15-,17+/m1/s1. The van der Waals surface area contributed by atoms with Crippen LogP contribution in [0.1, 0.15) is 58.9 Å². The number of rotatable bonds is 4. The molecule has 2 amide bonds. The number of benzene rings is 1. The molecule has 3 aromatic heterocycles. The van der Waals surface area contributed by atoms with E-state index in [9.17, 15) is 35.9 Å². The van der Waals surface area contributed by atoms with E-state index >= 15 is 0 Å². The lowest BCUT2D eigenvalue weighted by Crippen LogP contribution is -2.41. The van der Waals surface area contributed by atoms with E-state index in [-0.39, 0.29) is 40.5 Å². The Morgan fingerprint density at radius 3 is 2.51 bits per heavy atom. The first-order chi connectivity index (χ1) is 20.3. The van der Waals surface area contributed by atoms with Crippen molar-refractivity contribution in [3.05, 3.63) is 71.4 Å². The number of nitrogens with two attached hydrogens (primary N) is 1. The van der Waals surface area contributed by atoms with Gasteiger partial charge in [-0.1, -0.05) is 6.07 Å². The summed E-state index contributed by atoms with van der Waals surface area (Å²) in [6.07, 6.45) is -3.24. The lowest BCUT2D eigenvalue weighted by atomic mass is 9.92. The molecular weight excluding hydrogens is 580 g/mol. The van der Waals surface area contributed by atoms with Crippen LogP contribution in [0.5, 0.6) is 0 Å². The van der Waals surface area contributed by atoms with Crippen molar-refractivity contribution < 1.29 is 35.9 Å². The van der Waals surface area contributed by atoms with Crippen LogP contribution in [0.3, 0.4) is 0 Å². The summed E-state index contributed by atoms with van der Waals surface area (Å²) in [5.74, 6) is -1.43. The number of halogens is 6. The summed E-state index contributed by atoms with van der Waals surface area (Å²) in [6, 6.07) is 4.20. The zero-order chi connectivity index (χ0) is 30.7. The molecule has 0 bridgehead atoms. The molecule has 1 aromatic carbocycles. The minimum absolute atomic E-state index is 0.0329. The lowest BCUT2D eigenvalue weighted by molar-refractivity contribution is -0.138. The van der Waals surface area contributed by atoms with Crippen LogP contribution in [-0.2, 0) is 17.1 Å². The van der Waals surface area contributed by atoms with Crippen LogP contribution in [0.15, 0.2) is 48.9 Å². The number of pyridine rings is 1. The molecule has 0 radical (unpaired) electrons. The van der Waals surface area contributed by atoms with Gasteiger partial charge in [-0.15, -0.1) is 0 Å². The molecule has 43 heavy (non-hydrogen) atoms. The summed E-state index contributed by atoms with van der Waals surface area (Å²) >= 11 is 0. The maximum atomic E-state index is 14.4. The van der Waals surface area contributed by atoms with Gasteiger partial charge in [0.15, 0.2) is 0 Å². The molecule has 0 unspecified atom stereocenters. The number of imidazole rings is 1. The Morgan fingerprint density at radius 1 is 0.977 bits per heavy atom. The van der Waals surface area contributed by atoms with Crippen molar-refractivity contribution >= 4 is 29.0 Å². The third kappa shape index (κ3) is 5.23. The van der Waals surface area contributed by atoms with Crippen molar-refractivity contribution in [2.45, 2.75) is 50.0 Å². The number of hydrogen-bond acceptors (Lipinski definition) is 6. The molecule has 0 saturated carbocycles. The summed E-state index contributed by atoms with van der Waals surface area (Å²) in [4.78, 5) is 39.3. The van der Waals surface area contributed by atoms with Gasteiger partial charge in [0.2, 0.25) is 5.91 Å². The maximum absolute atomic E-state index is 14.4. The Bertz CT molecular complexity index is 1750. The molecule has 15 heteroatoms. The highest BCUT2D eigenvalue weighted by Crippen LogP contribution is 2.42. The minimum atomic E-state index is -4.95. The number of alkyl halides is 6. The van der Waals surface area contributed by atoms with Gasteiger partial charge in [0.1, 0.15) is 28.7 Å². The van der Waals surface area contributed by atoms with Crippen LogP contribution in [-0.4, -0.2) is 48.7 Å². The Morgan fingerprint density at radius 2 is 1.77 bits per heavy atom. The van der Waals surface area contributed by atoms with Crippen LogP contribution < -0.4 is 11.1 Å². The van der Waals surface area contributed by atoms with E-state index in [1.165, 1.54) is 6.20 Å². The fourth-order valence-electron chi connectivity index (χ4n) is 5.83. The van der Waals surface area contributed by atoms with Crippen molar-refractivity contribution in [3.63, 3.8) is 0 Å². The van der Waals surface area contributed by atoms with E-state index in [0.29, 0.717) is 43.4 Å². The highest BCUT2D eigenvalue weighted by atomic mass is 19.4. The number of anilines is 2. The second-order valence-electron chi connectivity index (χ2n) is 10.5. The molecule has 2 fully saturated rings. The molecule has 4 aromatic rings. The van der Waals surface area contributed by atoms with Crippen LogP contribution in [0.4, 0.5) is 38.0 Å². The van der Waals surface area contributed by atoms with E-state index in [2.05, 4.69) is 20.3 Å². The van der Waals surface area contributed by atoms with E-state index in [0.717, 1.165) is 31.2 Å². The van der Waals surface area contributed by atoms with Crippen molar-refractivity contribution in [1.82, 2.24) is 24.3 Å². The summed E-state index contributed by atoms with van der Waals surface area (Å²) in [7, 11) is 0. The zero-order valence-corrected chi connectivity index (χ0v) is 22.2. The number of hydrogen-bond donors (Lipinski definition) is 2. The van der Waals surface area contributed by atoms with Gasteiger partial charge in [-0.25, -0.2) is 15.0 Å². The second-order valence-corrected chi connectivity index (χ2v) is 10.5. The number of nitrogen functional groups attached to an aromatic ring is 1. The Labute approximate surface area is 239 Å². The molecule has 9 nitrogen and oxygen atoms in total. The highest BCUT2D eigenvalue weighted by Gasteiger charge is 2.40. The quantitative estimate of drug-likeness (QED) is 0.296. The zero-order valence-electron chi connectivity index (χ0n) is 22.2. The van der Waals surface area contributed by atoms with Gasteiger partial charge >= 0.3 is 12.4 Å². The van der Waals surface area contributed by atoms with Gasteiger partial charge in [0.05, 0.1) is 11.1 Å². The van der Waals surface area contributed by atoms with Gasteiger partial charge in [0.25, 0.3) is 5.91 Å². The molecule has 2 saturated heterocycles. The average Bonchev–Trinajstić information content (AvgIpc) is 3.53. The number of nitrogens with one attached hydrogen (secondary N) is 1. The smallest absolute Gasteiger partial charge is 0.382 e. The molecule has 6 rings (SSSR count). The lowest BCUT2D eigenvalue weighted by Gasteiger charge is -2.34. The SMILES string of the molecule is Nc1nccn2c([C@@H]3CC[C@H]4CCC(=O)N4C3)nc(-c3ccc(C(=O)Nc4cc(C(F)(F)F)ccn4)cc3C(F)(F)F)c12. The molecule has 2 atom stereocenters.